The smallest absolute Gasteiger partial charge is 0.258 e. The fraction of sp³-hybridized carbons (Fsp3) is 0.0625. The van der Waals surface area contributed by atoms with Gasteiger partial charge in [0.05, 0.1) is 17.0 Å². The van der Waals surface area contributed by atoms with Gasteiger partial charge in [-0.3, -0.25) is 4.79 Å². The van der Waals surface area contributed by atoms with Gasteiger partial charge in [-0.05, 0) is 30.3 Å². The van der Waals surface area contributed by atoms with Crippen molar-refractivity contribution in [2.75, 3.05) is 11.9 Å². The molecular formula is C16H11F3N2O3S. The van der Waals surface area contributed by atoms with Crippen molar-refractivity contribution in [3.8, 4) is 12.3 Å². The average molecular weight is 368 g/mol. The van der Waals surface area contributed by atoms with Crippen molar-refractivity contribution in [2.24, 2.45) is 0 Å². The van der Waals surface area contributed by atoms with Crippen LogP contribution in [-0.2, 0) is 10.0 Å². The van der Waals surface area contributed by atoms with Gasteiger partial charge in [-0.25, -0.2) is 21.6 Å². The highest BCUT2D eigenvalue weighted by molar-refractivity contribution is 7.89. The lowest BCUT2D eigenvalue weighted by Gasteiger charge is -2.09. The van der Waals surface area contributed by atoms with Crippen LogP contribution < -0.4 is 10.0 Å². The molecule has 0 saturated carbocycles. The maximum absolute atomic E-state index is 13.9. The lowest BCUT2D eigenvalue weighted by Crippen LogP contribution is -2.24. The molecule has 0 spiro atoms. The van der Waals surface area contributed by atoms with Crippen molar-refractivity contribution >= 4 is 21.6 Å². The second-order valence-corrected chi connectivity index (χ2v) is 6.52. The van der Waals surface area contributed by atoms with E-state index in [9.17, 15) is 26.4 Å². The van der Waals surface area contributed by atoms with E-state index >= 15 is 0 Å². The summed E-state index contributed by atoms with van der Waals surface area (Å²) in [4.78, 5) is 11.7. The van der Waals surface area contributed by atoms with E-state index in [0.29, 0.717) is 6.07 Å². The molecule has 130 valence electrons. The standard InChI is InChI=1S/C16H11F3N2O3S/c1-2-7-20-25(23,24)11-4-6-13(17)12(9-11)16(22)21-10-3-5-14(18)15(19)8-10/h1,3-6,8-9,20H,7H2,(H,21,22). The Bertz CT molecular complexity index is 969. The second-order valence-electron chi connectivity index (χ2n) is 4.75. The van der Waals surface area contributed by atoms with Crippen LogP contribution in [0.15, 0.2) is 41.3 Å². The first-order valence-electron chi connectivity index (χ1n) is 6.73. The van der Waals surface area contributed by atoms with E-state index in [0.717, 1.165) is 30.3 Å². The van der Waals surface area contributed by atoms with Gasteiger partial charge < -0.3 is 5.32 Å². The van der Waals surface area contributed by atoms with Crippen LogP contribution in [0.1, 0.15) is 10.4 Å². The Hall–Kier alpha value is -2.83. The Morgan fingerprint density at radius 3 is 2.36 bits per heavy atom. The molecule has 0 aliphatic rings. The van der Waals surface area contributed by atoms with Crippen LogP contribution in [0.25, 0.3) is 0 Å². The number of amides is 1. The number of rotatable bonds is 5. The zero-order valence-electron chi connectivity index (χ0n) is 12.5. The molecule has 9 heteroatoms. The highest BCUT2D eigenvalue weighted by Gasteiger charge is 2.19. The molecule has 2 N–H and O–H groups in total. The zero-order valence-corrected chi connectivity index (χ0v) is 13.3. The van der Waals surface area contributed by atoms with Crippen molar-refractivity contribution in [1.29, 1.82) is 0 Å². The molecule has 0 saturated heterocycles. The summed E-state index contributed by atoms with van der Waals surface area (Å²) in [6.45, 7) is -0.282. The summed E-state index contributed by atoms with van der Waals surface area (Å²) in [5.74, 6) is -2.26. The number of anilines is 1. The minimum absolute atomic E-state index is 0.123. The average Bonchev–Trinajstić information content (AvgIpc) is 2.56. The second kappa shape index (κ2) is 7.38. The molecule has 0 unspecified atom stereocenters. The third kappa shape index (κ3) is 4.37. The highest BCUT2D eigenvalue weighted by Crippen LogP contribution is 2.18. The summed E-state index contributed by atoms with van der Waals surface area (Å²) in [6.07, 6.45) is 4.97. The number of carbonyl (C=O) groups is 1. The number of hydrogen-bond acceptors (Lipinski definition) is 3. The van der Waals surface area contributed by atoms with E-state index in [2.05, 4.69) is 16.0 Å². The van der Waals surface area contributed by atoms with Gasteiger partial charge in [-0.2, -0.15) is 4.72 Å². The number of carbonyl (C=O) groups excluding carboxylic acids is 1. The molecule has 0 aliphatic carbocycles. The SMILES string of the molecule is C#CCNS(=O)(=O)c1ccc(F)c(C(=O)Nc2ccc(F)c(F)c2)c1. The fourth-order valence-electron chi connectivity index (χ4n) is 1.84. The number of hydrogen-bond donors (Lipinski definition) is 2. The Morgan fingerprint density at radius 1 is 1.04 bits per heavy atom. The molecule has 0 heterocycles. The van der Waals surface area contributed by atoms with Crippen LogP contribution in [0.2, 0.25) is 0 Å². The predicted molar refractivity (Wildman–Crippen MR) is 84.7 cm³/mol. The van der Waals surface area contributed by atoms with Crippen LogP contribution in [0.3, 0.4) is 0 Å². The van der Waals surface area contributed by atoms with E-state index in [-0.39, 0.29) is 17.1 Å². The molecule has 0 aromatic heterocycles. The third-order valence-corrected chi connectivity index (χ3v) is 4.43. The molecule has 0 radical (unpaired) electrons. The molecule has 0 atom stereocenters. The molecule has 0 bridgehead atoms. The third-order valence-electron chi connectivity index (χ3n) is 3.03. The summed E-state index contributed by atoms with van der Waals surface area (Å²) >= 11 is 0. The van der Waals surface area contributed by atoms with Gasteiger partial charge in [-0.1, -0.05) is 5.92 Å². The fourth-order valence-corrected chi connectivity index (χ4v) is 2.80. The zero-order chi connectivity index (χ0) is 18.6. The van der Waals surface area contributed by atoms with E-state index in [1.807, 2.05) is 0 Å². The van der Waals surface area contributed by atoms with Gasteiger partial charge in [0.15, 0.2) is 11.6 Å². The molecule has 2 aromatic carbocycles. The van der Waals surface area contributed by atoms with E-state index < -0.39 is 38.9 Å². The molecule has 5 nitrogen and oxygen atoms in total. The Kier molecular flexibility index (Phi) is 5.46. The van der Waals surface area contributed by atoms with E-state index in [1.165, 1.54) is 0 Å². The number of sulfonamides is 1. The summed E-state index contributed by atoms with van der Waals surface area (Å²) < 4.78 is 65.9. The van der Waals surface area contributed by atoms with Gasteiger partial charge in [0, 0.05) is 11.8 Å². The molecule has 1 amide bonds. The van der Waals surface area contributed by atoms with Crippen molar-refractivity contribution < 1.29 is 26.4 Å². The Balaban J connectivity index is 2.32. The number of benzene rings is 2. The van der Waals surface area contributed by atoms with Crippen LogP contribution in [0.5, 0.6) is 0 Å². The Morgan fingerprint density at radius 2 is 1.72 bits per heavy atom. The van der Waals surface area contributed by atoms with Gasteiger partial charge in [-0.15, -0.1) is 6.42 Å². The lowest BCUT2D eigenvalue weighted by molar-refractivity contribution is 0.102. The van der Waals surface area contributed by atoms with Crippen LogP contribution in [0.4, 0.5) is 18.9 Å². The van der Waals surface area contributed by atoms with Gasteiger partial charge in [0.2, 0.25) is 10.0 Å². The number of nitrogens with one attached hydrogen (secondary N) is 2. The van der Waals surface area contributed by atoms with Crippen molar-refractivity contribution in [1.82, 2.24) is 4.72 Å². The molecule has 2 rings (SSSR count). The van der Waals surface area contributed by atoms with Gasteiger partial charge in [0.25, 0.3) is 5.91 Å². The molecule has 2 aromatic rings. The van der Waals surface area contributed by atoms with Crippen LogP contribution in [0, 0.1) is 29.8 Å². The predicted octanol–water partition coefficient (Wildman–Crippen LogP) is 2.27. The minimum Gasteiger partial charge on any atom is -0.322 e. The molecular weight excluding hydrogens is 357 g/mol. The number of halogens is 3. The van der Waals surface area contributed by atoms with Crippen molar-refractivity contribution in [3.05, 3.63) is 59.4 Å². The monoisotopic (exact) mass is 368 g/mol. The van der Waals surface area contributed by atoms with E-state index in [1.54, 1.807) is 0 Å². The molecule has 0 fully saturated rings. The number of terminal acetylenes is 1. The first-order chi connectivity index (χ1) is 11.7. The quantitative estimate of drug-likeness (QED) is 0.795. The summed E-state index contributed by atoms with van der Waals surface area (Å²) in [5, 5.41) is 2.16. The maximum Gasteiger partial charge on any atom is 0.258 e. The highest BCUT2D eigenvalue weighted by atomic mass is 32.2. The summed E-state index contributed by atoms with van der Waals surface area (Å²) in [7, 11) is -4.03. The van der Waals surface area contributed by atoms with E-state index in [4.69, 9.17) is 6.42 Å². The van der Waals surface area contributed by atoms with Gasteiger partial charge >= 0.3 is 0 Å². The first-order valence-corrected chi connectivity index (χ1v) is 8.22. The van der Waals surface area contributed by atoms with Gasteiger partial charge in [0.1, 0.15) is 5.82 Å². The first kappa shape index (κ1) is 18.5. The lowest BCUT2D eigenvalue weighted by atomic mass is 10.2. The summed E-state index contributed by atoms with van der Waals surface area (Å²) in [5.41, 5.74) is -0.713. The van der Waals surface area contributed by atoms with Crippen LogP contribution >= 0.6 is 0 Å². The summed E-state index contributed by atoms with van der Waals surface area (Å²) in [6, 6.07) is 5.13. The Labute approximate surface area is 141 Å². The van der Waals surface area contributed by atoms with Crippen molar-refractivity contribution in [3.63, 3.8) is 0 Å². The van der Waals surface area contributed by atoms with Crippen LogP contribution in [-0.4, -0.2) is 20.9 Å². The largest absolute Gasteiger partial charge is 0.322 e. The van der Waals surface area contributed by atoms with Crippen molar-refractivity contribution in [2.45, 2.75) is 4.90 Å². The topological polar surface area (TPSA) is 75.3 Å². The molecule has 0 aliphatic heterocycles. The maximum atomic E-state index is 13.9. The molecule has 25 heavy (non-hydrogen) atoms. The minimum atomic E-state index is -4.03. The normalized spacial score (nSPS) is 11.0.